The molecule has 2 heterocycles. The van der Waals surface area contributed by atoms with Crippen LogP contribution in [0.25, 0.3) is 0 Å². The van der Waals surface area contributed by atoms with Gasteiger partial charge >= 0.3 is 0 Å². The summed E-state index contributed by atoms with van der Waals surface area (Å²) in [5.74, 6) is 0.700. The molecule has 5 heteroatoms. The summed E-state index contributed by atoms with van der Waals surface area (Å²) in [6, 6.07) is 0.486. The van der Waals surface area contributed by atoms with Crippen molar-refractivity contribution >= 4 is 11.6 Å². The normalized spacial score (nSPS) is 18.7. The third kappa shape index (κ3) is 3.50. The Bertz CT molecular complexity index is 413. The first-order valence-corrected chi connectivity index (χ1v) is 7.52. The van der Waals surface area contributed by atoms with Crippen LogP contribution < -0.4 is 5.32 Å². The second-order valence-electron chi connectivity index (χ2n) is 5.30. The van der Waals surface area contributed by atoms with Gasteiger partial charge in [0.2, 0.25) is 0 Å². The van der Waals surface area contributed by atoms with E-state index in [1.807, 2.05) is 11.7 Å². The van der Waals surface area contributed by atoms with E-state index in [1.54, 1.807) is 0 Å². The van der Waals surface area contributed by atoms with Crippen LogP contribution in [0.15, 0.2) is 0 Å². The summed E-state index contributed by atoms with van der Waals surface area (Å²) in [6.45, 7) is 6.89. The highest BCUT2D eigenvalue weighted by molar-refractivity contribution is 6.31. The number of hydrogen-bond donors (Lipinski definition) is 1. The molecule has 0 aromatic carbocycles. The van der Waals surface area contributed by atoms with Gasteiger partial charge in [0.1, 0.15) is 0 Å². The van der Waals surface area contributed by atoms with Crippen molar-refractivity contribution in [1.29, 1.82) is 0 Å². The van der Waals surface area contributed by atoms with Crippen LogP contribution in [0.4, 0.5) is 0 Å². The molecule has 2 rings (SSSR count). The molecule has 1 unspecified atom stereocenters. The molecule has 1 aliphatic rings. The fourth-order valence-electron chi connectivity index (χ4n) is 2.65. The van der Waals surface area contributed by atoms with Crippen LogP contribution in [-0.2, 0) is 24.8 Å². The quantitative estimate of drug-likeness (QED) is 0.904. The Balaban J connectivity index is 1.92. The molecule has 0 aliphatic carbocycles. The van der Waals surface area contributed by atoms with Crippen LogP contribution in [-0.4, -0.2) is 29.0 Å². The number of nitrogens with zero attached hydrogens (tertiary/aromatic N) is 2. The molecule has 1 N–H and O–H groups in total. The average molecular weight is 286 g/mol. The highest BCUT2D eigenvalue weighted by atomic mass is 35.5. The van der Waals surface area contributed by atoms with Crippen molar-refractivity contribution in [2.24, 2.45) is 13.0 Å². The first-order valence-electron chi connectivity index (χ1n) is 7.14. The summed E-state index contributed by atoms with van der Waals surface area (Å²) in [7, 11) is 1.96. The van der Waals surface area contributed by atoms with Gasteiger partial charge in [-0.15, -0.1) is 0 Å². The molecule has 0 spiro atoms. The van der Waals surface area contributed by atoms with Crippen LogP contribution >= 0.6 is 11.6 Å². The van der Waals surface area contributed by atoms with E-state index >= 15 is 0 Å². The Labute approximate surface area is 120 Å². The van der Waals surface area contributed by atoms with Crippen LogP contribution in [0, 0.1) is 5.92 Å². The SMILES string of the molecule is CCc1nn(C)c(CNC(C)C2CCOCC2)c1Cl. The molecule has 0 amide bonds. The van der Waals surface area contributed by atoms with Gasteiger partial charge in [-0.25, -0.2) is 0 Å². The minimum Gasteiger partial charge on any atom is -0.381 e. The fourth-order valence-corrected chi connectivity index (χ4v) is 3.01. The van der Waals surface area contributed by atoms with E-state index in [0.29, 0.717) is 12.0 Å². The van der Waals surface area contributed by atoms with Gasteiger partial charge < -0.3 is 10.1 Å². The highest BCUT2D eigenvalue weighted by Crippen LogP contribution is 2.22. The molecule has 0 bridgehead atoms. The van der Waals surface area contributed by atoms with Crippen LogP contribution in [0.2, 0.25) is 5.02 Å². The Kier molecular flexibility index (Phi) is 5.25. The summed E-state index contributed by atoms with van der Waals surface area (Å²) in [6.07, 6.45) is 3.17. The lowest BCUT2D eigenvalue weighted by Crippen LogP contribution is -2.36. The molecule has 4 nitrogen and oxygen atoms in total. The molecule has 1 aromatic heterocycles. The van der Waals surface area contributed by atoms with Gasteiger partial charge in [0.25, 0.3) is 0 Å². The minimum absolute atomic E-state index is 0.486. The second kappa shape index (κ2) is 6.73. The summed E-state index contributed by atoms with van der Waals surface area (Å²) < 4.78 is 7.30. The Hall–Kier alpha value is -0.580. The van der Waals surface area contributed by atoms with Crippen LogP contribution in [0.1, 0.15) is 38.1 Å². The topological polar surface area (TPSA) is 39.1 Å². The average Bonchev–Trinajstić information content (AvgIpc) is 2.72. The number of halogens is 1. The lowest BCUT2D eigenvalue weighted by Gasteiger charge is -2.28. The molecule has 0 saturated carbocycles. The van der Waals surface area contributed by atoms with E-state index in [2.05, 4.69) is 24.3 Å². The molecule has 1 atom stereocenters. The van der Waals surface area contributed by atoms with E-state index in [1.165, 1.54) is 0 Å². The van der Waals surface area contributed by atoms with Gasteiger partial charge in [0, 0.05) is 32.8 Å². The number of rotatable bonds is 5. The third-order valence-corrected chi connectivity index (χ3v) is 4.50. The molecule has 0 radical (unpaired) electrons. The van der Waals surface area contributed by atoms with E-state index < -0.39 is 0 Å². The molecule has 1 aromatic rings. The maximum atomic E-state index is 6.36. The number of nitrogens with one attached hydrogen (secondary N) is 1. The maximum Gasteiger partial charge on any atom is 0.0863 e. The van der Waals surface area contributed by atoms with E-state index in [9.17, 15) is 0 Å². The van der Waals surface area contributed by atoms with Crippen molar-refractivity contribution in [1.82, 2.24) is 15.1 Å². The van der Waals surface area contributed by atoms with Gasteiger partial charge in [-0.05, 0) is 32.1 Å². The van der Waals surface area contributed by atoms with Crippen molar-refractivity contribution in [2.75, 3.05) is 13.2 Å². The van der Waals surface area contributed by atoms with E-state index in [-0.39, 0.29) is 0 Å². The third-order valence-electron chi connectivity index (χ3n) is 4.07. The first kappa shape index (κ1) is 14.8. The smallest absolute Gasteiger partial charge is 0.0863 e. The molecule has 108 valence electrons. The lowest BCUT2D eigenvalue weighted by atomic mass is 9.93. The summed E-state index contributed by atoms with van der Waals surface area (Å²) in [5.41, 5.74) is 2.07. The van der Waals surface area contributed by atoms with Crippen LogP contribution in [0.3, 0.4) is 0 Å². The molecular weight excluding hydrogens is 262 g/mol. The van der Waals surface area contributed by atoms with Gasteiger partial charge in [-0.2, -0.15) is 5.10 Å². The molecule has 19 heavy (non-hydrogen) atoms. The Morgan fingerprint density at radius 3 is 2.74 bits per heavy atom. The predicted molar refractivity (Wildman–Crippen MR) is 77.4 cm³/mol. The monoisotopic (exact) mass is 285 g/mol. The predicted octanol–water partition coefficient (Wildman–Crippen LogP) is 2.54. The number of ether oxygens (including phenoxy) is 1. The number of aryl methyl sites for hydroxylation is 2. The Morgan fingerprint density at radius 2 is 2.16 bits per heavy atom. The maximum absolute atomic E-state index is 6.36. The van der Waals surface area contributed by atoms with Crippen LogP contribution in [0.5, 0.6) is 0 Å². The van der Waals surface area contributed by atoms with E-state index in [4.69, 9.17) is 16.3 Å². The van der Waals surface area contributed by atoms with Gasteiger partial charge in [0.05, 0.1) is 16.4 Å². The van der Waals surface area contributed by atoms with Gasteiger partial charge in [0.15, 0.2) is 0 Å². The zero-order valence-corrected chi connectivity index (χ0v) is 12.8. The minimum atomic E-state index is 0.486. The summed E-state index contributed by atoms with van der Waals surface area (Å²) >= 11 is 6.36. The highest BCUT2D eigenvalue weighted by Gasteiger charge is 2.21. The zero-order chi connectivity index (χ0) is 13.8. The van der Waals surface area contributed by atoms with E-state index in [0.717, 1.165) is 55.4 Å². The standard InChI is InChI=1S/C14H24ClN3O/c1-4-12-14(15)13(18(3)17-12)9-16-10(2)11-5-7-19-8-6-11/h10-11,16H,4-9H2,1-3H3. The van der Waals surface area contributed by atoms with Gasteiger partial charge in [-0.1, -0.05) is 18.5 Å². The Morgan fingerprint density at radius 1 is 1.47 bits per heavy atom. The fraction of sp³-hybridized carbons (Fsp3) is 0.786. The van der Waals surface area contributed by atoms with Gasteiger partial charge in [-0.3, -0.25) is 4.68 Å². The number of aromatic nitrogens is 2. The van der Waals surface area contributed by atoms with Crippen molar-refractivity contribution in [3.8, 4) is 0 Å². The van der Waals surface area contributed by atoms with Crippen molar-refractivity contribution in [3.63, 3.8) is 0 Å². The molecule has 1 aliphatic heterocycles. The second-order valence-corrected chi connectivity index (χ2v) is 5.68. The summed E-state index contributed by atoms with van der Waals surface area (Å²) in [5, 5.41) is 8.85. The lowest BCUT2D eigenvalue weighted by molar-refractivity contribution is 0.0557. The molecule has 1 fully saturated rings. The van der Waals surface area contributed by atoms with Crippen molar-refractivity contribution in [2.45, 2.75) is 45.7 Å². The molecular formula is C14H24ClN3O. The summed E-state index contributed by atoms with van der Waals surface area (Å²) in [4.78, 5) is 0. The number of hydrogen-bond acceptors (Lipinski definition) is 3. The zero-order valence-electron chi connectivity index (χ0n) is 12.1. The largest absolute Gasteiger partial charge is 0.381 e. The van der Waals surface area contributed by atoms with Crippen molar-refractivity contribution < 1.29 is 4.74 Å². The van der Waals surface area contributed by atoms with Crippen molar-refractivity contribution in [3.05, 3.63) is 16.4 Å². The molecule has 1 saturated heterocycles. The first-order chi connectivity index (χ1) is 9.13.